The fourth-order valence-corrected chi connectivity index (χ4v) is 6.46. The molecule has 1 unspecified atom stereocenters. The average Bonchev–Trinajstić information content (AvgIpc) is 3.33. The third kappa shape index (κ3) is 26.0. The standard InChI is InChI=1S/C37H74O3.CH4/c1-3-5-7-9-11-13-15-17-19-21-23-25-27-29-31-33-37(39-35-36(38)40-37)34-32-30-28-26-24-22-20-18-16-14-12-10-8-6-4-2;/h36,38H,3-35H2,1-2H3;1H4. The Morgan fingerprint density at radius 1 is 0.439 bits per heavy atom. The molecule has 0 aliphatic carbocycles. The Kier molecular flexibility index (Phi) is 31.2. The van der Waals surface area contributed by atoms with Gasteiger partial charge < -0.3 is 14.6 Å². The molecule has 1 saturated heterocycles. The minimum atomic E-state index is -0.729. The zero-order valence-corrected chi connectivity index (χ0v) is 27.7. The second-order valence-electron chi connectivity index (χ2n) is 13.2. The van der Waals surface area contributed by atoms with Crippen LogP contribution in [0.5, 0.6) is 0 Å². The first-order valence-corrected chi connectivity index (χ1v) is 18.7. The van der Waals surface area contributed by atoms with Gasteiger partial charge in [0, 0.05) is 12.8 Å². The Morgan fingerprint density at radius 2 is 0.683 bits per heavy atom. The van der Waals surface area contributed by atoms with E-state index in [0.29, 0.717) is 6.61 Å². The summed E-state index contributed by atoms with van der Waals surface area (Å²) in [6.07, 6.45) is 42.7. The zero-order valence-electron chi connectivity index (χ0n) is 27.7. The molecule has 0 spiro atoms. The van der Waals surface area contributed by atoms with E-state index in [9.17, 15) is 5.11 Å². The second-order valence-corrected chi connectivity index (χ2v) is 13.2. The third-order valence-corrected chi connectivity index (χ3v) is 9.16. The lowest BCUT2D eigenvalue weighted by Crippen LogP contribution is -2.31. The molecule has 1 atom stereocenters. The van der Waals surface area contributed by atoms with Crippen LogP contribution in [-0.4, -0.2) is 23.8 Å². The Morgan fingerprint density at radius 3 is 0.902 bits per heavy atom. The quantitative estimate of drug-likeness (QED) is 0.0802. The molecule has 1 N–H and O–H groups in total. The topological polar surface area (TPSA) is 38.7 Å². The van der Waals surface area contributed by atoms with Crippen LogP contribution < -0.4 is 0 Å². The summed E-state index contributed by atoms with van der Waals surface area (Å²) in [7, 11) is 0. The zero-order chi connectivity index (χ0) is 28.8. The normalized spacial score (nSPS) is 16.3. The number of aliphatic hydroxyl groups is 1. The van der Waals surface area contributed by atoms with E-state index < -0.39 is 12.1 Å². The second kappa shape index (κ2) is 31.3. The highest BCUT2D eigenvalue weighted by atomic mass is 16.8. The summed E-state index contributed by atoms with van der Waals surface area (Å²) >= 11 is 0. The molecule has 0 aromatic rings. The van der Waals surface area contributed by atoms with Crippen molar-refractivity contribution in [2.75, 3.05) is 6.61 Å². The summed E-state index contributed by atoms with van der Waals surface area (Å²) in [5, 5.41) is 9.97. The minimum absolute atomic E-state index is 0. The van der Waals surface area contributed by atoms with E-state index in [1.807, 2.05) is 0 Å². The first-order chi connectivity index (χ1) is 19.7. The van der Waals surface area contributed by atoms with Crippen LogP contribution in [0.3, 0.4) is 0 Å². The molecule has 0 aromatic heterocycles. The smallest absolute Gasteiger partial charge is 0.181 e. The van der Waals surface area contributed by atoms with E-state index in [-0.39, 0.29) is 7.43 Å². The van der Waals surface area contributed by atoms with Gasteiger partial charge in [-0.05, 0) is 12.8 Å². The van der Waals surface area contributed by atoms with Gasteiger partial charge in [-0.3, -0.25) is 0 Å². The van der Waals surface area contributed by atoms with E-state index in [4.69, 9.17) is 9.47 Å². The van der Waals surface area contributed by atoms with Gasteiger partial charge >= 0.3 is 0 Å². The van der Waals surface area contributed by atoms with Crippen LogP contribution in [0, 0.1) is 0 Å². The van der Waals surface area contributed by atoms with Crippen LogP contribution in [0.4, 0.5) is 0 Å². The number of aliphatic hydroxyl groups excluding tert-OH is 1. The Hall–Kier alpha value is -0.120. The molecule has 3 heteroatoms. The van der Waals surface area contributed by atoms with Gasteiger partial charge in [-0.15, -0.1) is 0 Å². The van der Waals surface area contributed by atoms with Gasteiger partial charge in [-0.25, -0.2) is 0 Å². The van der Waals surface area contributed by atoms with Gasteiger partial charge in [0.1, 0.15) is 6.61 Å². The summed E-state index contributed by atoms with van der Waals surface area (Å²) in [6, 6.07) is 0. The van der Waals surface area contributed by atoms with Crippen molar-refractivity contribution in [2.24, 2.45) is 0 Å². The third-order valence-electron chi connectivity index (χ3n) is 9.16. The minimum Gasteiger partial charge on any atom is -0.366 e. The fraction of sp³-hybridized carbons (Fsp3) is 1.00. The highest BCUT2D eigenvalue weighted by molar-refractivity contribution is 4.76. The number of hydrogen-bond donors (Lipinski definition) is 1. The molecular formula is C38H78O3. The summed E-state index contributed by atoms with van der Waals surface area (Å²) in [5.41, 5.74) is 0. The molecule has 1 fully saturated rings. The molecule has 0 saturated carbocycles. The first-order valence-electron chi connectivity index (χ1n) is 18.7. The predicted molar refractivity (Wildman–Crippen MR) is 182 cm³/mol. The van der Waals surface area contributed by atoms with Crippen molar-refractivity contribution >= 4 is 0 Å². The van der Waals surface area contributed by atoms with E-state index in [1.54, 1.807) is 0 Å². The van der Waals surface area contributed by atoms with Crippen molar-refractivity contribution in [1.29, 1.82) is 0 Å². The maximum absolute atomic E-state index is 9.97. The molecule has 0 aromatic carbocycles. The number of ether oxygens (including phenoxy) is 2. The van der Waals surface area contributed by atoms with Crippen molar-refractivity contribution in [3.63, 3.8) is 0 Å². The maximum atomic E-state index is 9.97. The van der Waals surface area contributed by atoms with E-state index in [1.165, 1.54) is 180 Å². The van der Waals surface area contributed by atoms with E-state index in [2.05, 4.69) is 13.8 Å². The summed E-state index contributed by atoms with van der Waals surface area (Å²) in [5.74, 6) is -0.507. The molecule has 0 bridgehead atoms. The summed E-state index contributed by atoms with van der Waals surface area (Å²) in [6.45, 7) is 4.93. The molecule has 0 radical (unpaired) electrons. The van der Waals surface area contributed by atoms with Crippen LogP contribution in [0.25, 0.3) is 0 Å². The molecule has 248 valence electrons. The van der Waals surface area contributed by atoms with Gasteiger partial charge in [-0.1, -0.05) is 201 Å². The van der Waals surface area contributed by atoms with Crippen molar-refractivity contribution in [3.8, 4) is 0 Å². The van der Waals surface area contributed by atoms with Crippen molar-refractivity contribution in [1.82, 2.24) is 0 Å². The van der Waals surface area contributed by atoms with Crippen LogP contribution in [-0.2, 0) is 9.47 Å². The highest BCUT2D eigenvalue weighted by Gasteiger charge is 2.39. The van der Waals surface area contributed by atoms with Crippen molar-refractivity contribution in [3.05, 3.63) is 0 Å². The number of unbranched alkanes of at least 4 members (excludes halogenated alkanes) is 28. The van der Waals surface area contributed by atoms with Gasteiger partial charge in [0.05, 0.1) is 0 Å². The number of rotatable bonds is 32. The van der Waals surface area contributed by atoms with Crippen molar-refractivity contribution in [2.45, 2.75) is 239 Å². The molecular weight excluding hydrogens is 504 g/mol. The van der Waals surface area contributed by atoms with E-state index in [0.717, 1.165) is 25.7 Å². The molecule has 1 aliphatic rings. The molecule has 1 heterocycles. The predicted octanol–water partition coefficient (Wildman–Crippen LogP) is 13.2. The Balaban J connectivity index is 0.0000160. The van der Waals surface area contributed by atoms with Crippen LogP contribution in [0.15, 0.2) is 0 Å². The lowest BCUT2D eigenvalue weighted by Gasteiger charge is -2.27. The Bertz CT molecular complexity index is 460. The van der Waals surface area contributed by atoms with Gasteiger partial charge in [0.2, 0.25) is 0 Å². The number of hydrogen-bond acceptors (Lipinski definition) is 3. The Labute approximate surface area is 259 Å². The monoisotopic (exact) mass is 583 g/mol. The average molecular weight is 583 g/mol. The SMILES string of the molecule is C.CCCCCCCCCCCCCCCCCC1(CCCCCCCCCCCCCCCCC)OCC(O)O1. The van der Waals surface area contributed by atoms with Gasteiger partial charge in [-0.2, -0.15) is 0 Å². The fourth-order valence-electron chi connectivity index (χ4n) is 6.46. The van der Waals surface area contributed by atoms with Gasteiger partial charge in [0.25, 0.3) is 0 Å². The highest BCUT2D eigenvalue weighted by Crippen LogP contribution is 2.34. The summed E-state index contributed by atoms with van der Waals surface area (Å²) < 4.78 is 11.9. The maximum Gasteiger partial charge on any atom is 0.181 e. The molecule has 1 rings (SSSR count). The van der Waals surface area contributed by atoms with E-state index >= 15 is 0 Å². The molecule has 41 heavy (non-hydrogen) atoms. The van der Waals surface area contributed by atoms with Crippen LogP contribution in [0.2, 0.25) is 0 Å². The molecule has 1 aliphatic heterocycles. The largest absolute Gasteiger partial charge is 0.366 e. The lowest BCUT2D eigenvalue weighted by atomic mass is 9.98. The van der Waals surface area contributed by atoms with Crippen LogP contribution in [0.1, 0.15) is 227 Å². The van der Waals surface area contributed by atoms with Gasteiger partial charge in [0.15, 0.2) is 12.1 Å². The molecule has 0 amide bonds. The molecule has 3 nitrogen and oxygen atoms in total. The van der Waals surface area contributed by atoms with Crippen molar-refractivity contribution < 1.29 is 14.6 Å². The summed E-state index contributed by atoms with van der Waals surface area (Å²) in [4.78, 5) is 0. The van der Waals surface area contributed by atoms with Crippen LogP contribution >= 0.6 is 0 Å². The lowest BCUT2D eigenvalue weighted by molar-refractivity contribution is -0.207. The first kappa shape index (κ1) is 40.9.